The average molecular weight is 428 g/mol. The molecule has 2 aliphatic heterocycles. The maximum atomic E-state index is 13.5. The topological polar surface area (TPSA) is 60.9 Å². The minimum Gasteiger partial charge on any atom is -0.319 e. The minimum atomic E-state index is -3.73. The van der Waals surface area contributed by atoms with Crippen LogP contribution in [-0.4, -0.2) is 61.2 Å². The standard InChI is InChI=1S/C23H29N3O3S/c1-19-10-12-21(13-11-19)30(28,29)26-17-16-25(23(26)20-8-4-2-5-9-20)22(27)18-24-14-6-3-7-15-24/h2,4-5,8-13,23H,3,6-7,14-18H2,1H3/t23-/m0/s1. The second kappa shape index (κ2) is 8.88. The molecule has 30 heavy (non-hydrogen) atoms. The Kier molecular flexibility index (Phi) is 6.22. The van der Waals surface area contributed by atoms with Crippen molar-refractivity contribution < 1.29 is 13.2 Å². The molecule has 7 heteroatoms. The summed E-state index contributed by atoms with van der Waals surface area (Å²) in [6.07, 6.45) is 2.82. The van der Waals surface area contributed by atoms with Gasteiger partial charge in [0.05, 0.1) is 11.4 Å². The van der Waals surface area contributed by atoms with Gasteiger partial charge < -0.3 is 4.90 Å². The van der Waals surface area contributed by atoms with Crippen LogP contribution in [0.25, 0.3) is 0 Å². The van der Waals surface area contributed by atoms with E-state index < -0.39 is 16.2 Å². The predicted molar refractivity (Wildman–Crippen MR) is 116 cm³/mol. The number of likely N-dealkylation sites (tertiary alicyclic amines) is 1. The SMILES string of the molecule is Cc1ccc(S(=O)(=O)N2CCN(C(=O)CN3CCCCC3)[C@@H]2c2ccccc2)cc1. The van der Waals surface area contributed by atoms with E-state index in [9.17, 15) is 13.2 Å². The monoisotopic (exact) mass is 427 g/mol. The van der Waals surface area contributed by atoms with Crippen molar-refractivity contribution in [3.05, 3.63) is 65.7 Å². The van der Waals surface area contributed by atoms with E-state index in [4.69, 9.17) is 0 Å². The predicted octanol–water partition coefficient (Wildman–Crippen LogP) is 3.01. The van der Waals surface area contributed by atoms with E-state index in [0.717, 1.165) is 37.1 Å². The van der Waals surface area contributed by atoms with Gasteiger partial charge in [0.1, 0.15) is 6.17 Å². The van der Waals surface area contributed by atoms with Gasteiger partial charge in [-0.1, -0.05) is 54.4 Å². The largest absolute Gasteiger partial charge is 0.319 e. The van der Waals surface area contributed by atoms with Gasteiger partial charge in [-0.15, -0.1) is 0 Å². The molecule has 0 N–H and O–H groups in total. The van der Waals surface area contributed by atoms with Crippen molar-refractivity contribution in [3.63, 3.8) is 0 Å². The van der Waals surface area contributed by atoms with Gasteiger partial charge in [-0.3, -0.25) is 9.69 Å². The molecule has 0 saturated carbocycles. The van der Waals surface area contributed by atoms with Gasteiger partial charge in [0.25, 0.3) is 0 Å². The van der Waals surface area contributed by atoms with Crippen LogP contribution in [0.3, 0.4) is 0 Å². The van der Waals surface area contributed by atoms with Crippen molar-refractivity contribution in [2.24, 2.45) is 0 Å². The highest BCUT2D eigenvalue weighted by molar-refractivity contribution is 7.89. The lowest BCUT2D eigenvalue weighted by molar-refractivity contribution is -0.134. The Morgan fingerprint density at radius 2 is 1.57 bits per heavy atom. The molecule has 2 saturated heterocycles. The molecule has 2 aromatic rings. The number of aryl methyl sites for hydroxylation is 1. The van der Waals surface area contributed by atoms with Crippen LogP contribution < -0.4 is 0 Å². The highest BCUT2D eigenvalue weighted by Crippen LogP contribution is 2.35. The first-order valence-electron chi connectivity index (χ1n) is 10.6. The number of hydrogen-bond donors (Lipinski definition) is 0. The van der Waals surface area contributed by atoms with Crippen molar-refractivity contribution in [3.8, 4) is 0 Å². The molecule has 2 aliphatic rings. The molecule has 4 rings (SSSR count). The molecule has 0 unspecified atom stereocenters. The van der Waals surface area contributed by atoms with Crippen molar-refractivity contribution in [2.75, 3.05) is 32.7 Å². The minimum absolute atomic E-state index is 0.00707. The second-order valence-corrected chi connectivity index (χ2v) is 10.0. The molecule has 2 fully saturated rings. The summed E-state index contributed by atoms with van der Waals surface area (Å²) in [6.45, 7) is 4.84. The average Bonchev–Trinajstić information content (AvgIpc) is 3.22. The lowest BCUT2D eigenvalue weighted by Gasteiger charge is -2.32. The maximum Gasteiger partial charge on any atom is 0.245 e. The summed E-state index contributed by atoms with van der Waals surface area (Å²) in [5.74, 6) is -0.00707. The fraction of sp³-hybridized carbons (Fsp3) is 0.435. The van der Waals surface area contributed by atoms with E-state index in [1.54, 1.807) is 29.2 Å². The number of amides is 1. The molecule has 1 atom stereocenters. The number of sulfonamides is 1. The highest BCUT2D eigenvalue weighted by Gasteiger charge is 2.43. The number of benzene rings is 2. The first-order valence-corrected chi connectivity index (χ1v) is 12.1. The third-order valence-electron chi connectivity index (χ3n) is 5.98. The zero-order chi connectivity index (χ0) is 21.1. The van der Waals surface area contributed by atoms with Crippen molar-refractivity contribution in [1.29, 1.82) is 0 Å². The molecular weight excluding hydrogens is 398 g/mol. The van der Waals surface area contributed by atoms with E-state index >= 15 is 0 Å². The normalized spacial score (nSPS) is 21.1. The molecule has 0 aromatic heterocycles. The summed E-state index contributed by atoms with van der Waals surface area (Å²) in [5, 5.41) is 0. The van der Waals surface area contributed by atoms with E-state index in [0.29, 0.717) is 19.6 Å². The Balaban J connectivity index is 1.64. The molecule has 0 bridgehead atoms. The fourth-order valence-corrected chi connectivity index (χ4v) is 5.91. The number of carbonyl (C=O) groups excluding carboxylic acids is 1. The lowest BCUT2D eigenvalue weighted by atomic mass is 10.1. The van der Waals surface area contributed by atoms with Gasteiger partial charge in [0, 0.05) is 13.1 Å². The van der Waals surface area contributed by atoms with Crippen molar-refractivity contribution >= 4 is 15.9 Å². The van der Waals surface area contributed by atoms with Crippen LogP contribution >= 0.6 is 0 Å². The first-order chi connectivity index (χ1) is 14.5. The summed E-state index contributed by atoms with van der Waals surface area (Å²) in [4.78, 5) is 17.4. The van der Waals surface area contributed by atoms with Crippen molar-refractivity contribution in [1.82, 2.24) is 14.1 Å². The second-order valence-electron chi connectivity index (χ2n) is 8.14. The van der Waals surface area contributed by atoms with Gasteiger partial charge in [-0.05, 0) is 50.6 Å². The molecule has 2 heterocycles. The Labute approximate surface area is 179 Å². The molecule has 0 radical (unpaired) electrons. The van der Waals surface area contributed by atoms with Crippen LogP contribution in [0.15, 0.2) is 59.5 Å². The van der Waals surface area contributed by atoms with E-state index in [1.165, 1.54) is 10.7 Å². The van der Waals surface area contributed by atoms with E-state index in [-0.39, 0.29) is 10.8 Å². The highest BCUT2D eigenvalue weighted by atomic mass is 32.2. The van der Waals surface area contributed by atoms with Gasteiger partial charge in [0.15, 0.2) is 0 Å². The number of hydrogen-bond acceptors (Lipinski definition) is 4. The van der Waals surface area contributed by atoms with Crippen LogP contribution in [0, 0.1) is 6.92 Å². The molecule has 0 spiro atoms. The molecular formula is C23H29N3O3S. The number of carbonyl (C=O) groups is 1. The molecule has 1 amide bonds. The number of nitrogens with zero attached hydrogens (tertiary/aromatic N) is 3. The summed E-state index contributed by atoms with van der Waals surface area (Å²) in [5.41, 5.74) is 1.82. The zero-order valence-corrected chi connectivity index (χ0v) is 18.2. The van der Waals surface area contributed by atoms with Gasteiger partial charge in [0.2, 0.25) is 15.9 Å². The maximum absolute atomic E-state index is 13.5. The van der Waals surface area contributed by atoms with Gasteiger partial charge >= 0.3 is 0 Å². The summed E-state index contributed by atoms with van der Waals surface area (Å²) in [6, 6.07) is 16.4. The van der Waals surface area contributed by atoms with Gasteiger partial charge in [-0.2, -0.15) is 4.31 Å². The summed E-state index contributed by atoms with van der Waals surface area (Å²) < 4.78 is 28.4. The molecule has 160 valence electrons. The number of piperidine rings is 1. The Morgan fingerprint density at radius 1 is 0.900 bits per heavy atom. The van der Waals surface area contributed by atoms with E-state index in [1.807, 2.05) is 37.3 Å². The molecule has 6 nitrogen and oxygen atoms in total. The van der Waals surface area contributed by atoms with Crippen LogP contribution in [0.4, 0.5) is 0 Å². The third-order valence-corrected chi connectivity index (χ3v) is 7.85. The van der Waals surface area contributed by atoms with Crippen LogP contribution in [0.5, 0.6) is 0 Å². The zero-order valence-electron chi connectivity index (χ0n) is 17.4. The Bertz CT molecular complexity index is 971. The fourth-order valence-electron chi connectivity index (χ4n) is 4.34. The first kappa shape index (κ1) is 21.0. The van der Waals surface area contributed by atoms with Crippen LogP contribution in [-0.2, 0) is 14.8 Å². The van der Waals surface area contributed by atoms with Crippen LogP contribution in [0.2, 0.25) is 0 Å². The summed E-state index contributed by atoms with van der Waals surface area (Å²) in [7, 11) is -3.73. The molecule has 0 aliphatic carbocycles. The van der Waals surface area contributed by atoms with Crippen LogP contribution in [0.1, 0.15) is 36.6 Å². The molecule has 2 aromatic carbocycles. The summed E-state index contributed by atoms with van der Waals surface area (Å²) >= 11 is 0. The lowest BCUT2D eigenvalue weighted by Crippen LogP contribution is -2.44. The van der Waals surface area contributed by atoms with E-state index in [2.05, 4.69) is 4.90 Å². The van der Waals surface area contributed by atoms with Gasteiger partial charge in [-0.25, -0.2) is 8.42 Å². The third kappa shape index (κ3) is 4.29. The quantitative estimate of drug-likeness (QED) is 0.736. The number of rotatable bonds is 5. The Hall–Kier alpha value is -2.22. The van der Waals surface area contributed by atoms with Crippen molar-refractivity contribution in [2.45, 2.75) is 37.2 Å². The smallest absolute Gasteiger partial charge is 0.245 e. The Morgan fingerprint density at radius 3 is 2.23 bits per heavy atom.